The van der Waals surface area contributed by atoms with Gasteiger partial charge >= 0.3 is 0 Å². The molecule has 1 heterocycles. The van der Waals surface area contributed by atoms with Gasteiger partial charge in [-0.15, -0.1) is 0 Å². The Morgan fingerprint density at radius 2 is 0.861 bits per heavy atom. The van der Waals surface area contributed by atoms with Crippen LogP contribution in [-0.4, -0.2) is 4.57 Å². The highest BCUT2D eigenvalue weighted by Crippen LogP contribution is 2.14. The number of rotatable bonds is 28. The molecule has 0 amide bonds. The zero-order valence-corrected chi connectivity index (χ0v) is 25.3. The Kier molecular flexibility index (Phi) is 23.9. The third-order valence-corrected chi connectivity index (χ3v) is 8.10. The third kappa shape index (κ3) is 18.5. The Balaban J connectivity index is 2.16. The molecule has 2 heteroatoms. The number of nitrogens with zero attached hydrogens (tertiary/aromatic N) is 2. The van der Waals surface area contributed by atoms with Crippen molar-refractivity contribution in [1.82, 2.24) is 4.57 Å². The van der Waals surface area contributed by atoms with Gasteiger partial charge in [0.25, 0.3) is 5.82 Å². The summed E-state index contributed by atoms with van der Waals surface area (Å²) in [5, 5.41) is 0. The van der Waals surface area contributed by atoms with Gasteiger partial charge in [-0.3, -0.25) is 0 Å². The summed E-state index contributed by atoms with van der Waals surface area (Å²) in [4.78, 5) is 0. The maximum atomic E-state index is 2.60. The molecule has 0 radical (unpaired) electrons. The summed E-state index contributed by atoms with van der Waals surface area (Å²) in [6, 6.07) is 0. The van der Waals surface area contributed by atoms with Crippen molar-refractivity contribution in [2.75, 3.05) is 0 Å². The lowest BCUT2D eigenvalue weighted by atomic mass is 10.0. The van der Waals surface area contributed by atoms with Gasteiger partial charge in [0.2, 0.25) is 0 Å². The predicted molar refractivity (Wildman–Crippen MR) is 161 cm³/mol. The lowest BCUT2D eigenvalue weighted by Crippen LogP contribution is -2.37. The topological polar surface area (TPSA) is 8.81 Å². The van der Waals surface area contributed by atoms with Crippen molar-refractivity contribution in [3.05, 3.63) is 18.2 Å². The van der Waals surface area contributed by atoms with E-state index in [-0.39, 0.29) is 0 Å². The molecule has 0 atom stereocenters. The molecule has 0 N–H and O–H groups in total. The molecule has 36 heavy (non-hydrogen) atoms. The zero-order valence-electron chi connectivity index (χ0n) is 25.3. The van der Waals surface area contributed by atoms with Crippen LogP contribution in [-0.2, 0) is 19.5 Å². The molecule has 1 aromatic rings. The van der Waals surface area contributed by atoms with Crippen LogP contribution in [0.25, 0.3) is 0 Å². The van der Waals surface area contributed by atoms with Crippen molar-refractivity contribution in [2.45, 2.75) is 201 Å². The molecule has 212 valence electrons. The lowest BCUT2D eigenvalue weighted by molar-refractivity contribution is -0.704. The summed E-state index contributed by atoms with van der Waals surface area (Å²) in [6.07, 6.45) is 41.5. The van der Waals surface area contributed by atoms with Gasteiger partial charge in [-0.1, -0.05) is 149 Å². The van der Waals surface area contributed by atoms with E-state index in [1.165, 1.54) is 180 Å². The smallest absolute Gasteiger partial charge is 0.234 e. The van der Waals surface area contributed by atoms with Gasteiger partial charge < -0.3 is 0 Å². The predicted octanol–water partition coefficient (Wildman–Crippen LogP) is 11.1. The van der Waals surface area contributed by atoms with E-state index in [1.54, 1.807) is 5.82 Å². The van der Waals surface area contributed by atoms with Crippen molar-refractivity contribution in [2.24, 2.45) is 0 Å². The van der Waals surface area contributed by atoms with Crippen molar-refractivity contribution in [3.8, 4) is 0 Å². The third-order valence-electron chi connectivity index (χ3n) is 8.10. The molecule has 0 fully saturated rings. The molecule has 0 aliphatic carbocycles. The van der Waals surface area contributed by atoms with Crippen molar-refractivity contribution < 1.29 is 4.57 Å². The number of hydrogen-bond acceptors (Lipinski definition) is 0. The molecule has 2 nitrogen and oxygen atoms in total. The minimum absolute atomic E-state index is 1.22. The Morgan fingerprint density at radius 3 is 1.33 bits per heavy atom. The molecule has 0 saturated carbocycles. The van der Waals surface area contributed by atoms with Gasteiger partial charge in [0.15, 0.2) is 0 Å². The zero-order chi connectivity index (χ0) is 25.9. The maximum Gasteiger partial charge on any atom is 0.256 e. The molecule has 0 spiro atoms. The average Bonchev–Trinajstić information content (AvgIpc) is 3.27. The van der Waals surface area contributed by atoms with Crippen LogP contribution in [0.2, 0.25) is 0 Å². The maximum absolute atomic E-state index is 2.60. The van der Waals surface area contributed by atoms with Crippen molar-refractivity contribution in [1.29, 1.82) is 0 Å². The van der Waals surface area contributed by atoms with E-state index in [0.717, 1.165) is 0 Å². The Bertz CT molecular complexity index is 562. The molecule has 0 aliphatic heterocycles. The fourth-order valence-corrected chi connectivity index (χ4v) is 5.62. The highest BCUT2D eigenvalue weighted by atomic mass is 15.1. The standard InChI is InChI=1S/C34H67N2/c1-4-7-10-12-14-16-17-18-19-20-21-23-25-28-31-36-33-32-35(34(36)29-26-9-6-3)30-27-24-22-15-13-11-8-5-2/h32-33H,4-31H2,1-3H3/q+1. The SMILES string of the molecule is CCCCCCCCCCCCCCCC[n+]1ccn(CCCCCCCCCC)c1CCCCC. The second-order valence-corrected chi connectivity index (χ2v) is 11.6. The van der Waals surface area contributed by atoms with E-state index in [4.69, 9.17) is 0 Å². The first kappa shape index (κ1) is 33.2. The number of unbranched alkanes of at least 4 members (excludes halogenated alkanes) is 22. The first-order chi connectivity index (χ1) is 17.8. The molecular weight excluding hydrogens is 436 g/mol. The highest BCUT2D eigenvalue weighted by Gasteiger charge is 2.16. The lowest BCUT2D eigenvalue weighted by Gasteiger charge is -2.06. The molecule has 0 aliphatic rings. The number of aryl methyl sites for hydroxylation is 2. The minimum Gasteiger partial charge on any atom is -0.234 e. The summed E-state index contributed by atoms with van der Waals surface area (Å²) in [5.74, 6) is 1.60. The Morgan fingerprint density at radius 1 is 0.472 bits per heavy atom. The van der Waals surface area contributed by atoms with Crippen LogP contribution in [0.15, 0.2) is 12.4 Å². The van der Waals surface area contributed by atoms with Crippen LogP contribution in [0.4, 0.5) is 0 Å². The van der Waals surface area contributed by atoms with Crippen molar-refractivity contribution >= 4 is 0 Å². The summed E-state index contributed by atoms with van der Waals surface area (Å²) >= 11 is 0. The monoisotopic (exact) mass is 504 g/mol. The number of hydrogen-bond donors (Lipinski definition) is 0. The quantitative estimate of drug-likeness (QED) is 0.0794. The van der Waals surface area contributed by atoms with Crippen LogP contribution in [0, 0.1) is 0 Å². The second kappa shape index (κ2) is 25.8. The first-order valence-corrected chi connectivity index (χ1v) is 16.9. The van der Waals surface area contributed by atoms with Crippen LogP contribution in [0.5, 0.6) is 0 Å². The Hall–Kier alpha value is -0.790. The van der Waals surface area contributed by atoms with Crippen molar-refractivity contribution in [3.63, 3.8) is 0 Å². The summed E-state index contributed by atoms with van der Waals surface area (Å²) in [7, 11) is 0. The van der Waals surface area contributed by atoms with E-state index in [2.05, 4.69) is 42.3 Å². The number of aromatic nitrogens is 2. The summed E-state index contributed by atoms with van der Waals surface area (Å²) < 4.78 is 5.19. The van der Waals surface area contributed by atoms with E-state index >= 15 is 0 Å². The fraction of sp³-hybridized carbons (Fsp3) is 0.912. The molecule has 1 rings (SSSR count). The van der Waals surface area contributed by atoms with Gasteiger partial charge in [0.1, 0.15) is 12.4 Å². The molecule has 0 aromatic carbocycles. The van der Waals surface area contributed by atoms with Gasteiger partial charge in [0.05, 0.1) is 13.1 Å². The Labute approximate surface area is 228 Å². The van der Waals surface area contributed by atoms with Crippen LogP contribution in [0.3, 0.4) is 0 Å². The van der Waals surface area contributed by atoms with E-state index in [9.17, 15) is 0 Å². The van der Waals surface area contributed by atoms with Crippen LogP contribution >= 0.6 is 0 Å². The largest absolute Gasteiger partial charge is 0.256 e. The van der Waals surface area contributed by atoms with Gasteiger partial charge in [-0.05, 0) is 32.1 Å². The molecular formula is C34H67N2+. The van der Waals surface area contributed by atoms with Gasteiger partial charge in [0, 0.05) is 6.42 Å². The highest BCUT2D eigenvalue weighted by molar-refractivity contribution is 4.84. The molecule has 0 saturated heterocycles. The van der Waals surface area contributed by atoms with E-state index in [1.807, 2.05) is 0 Å². The molecule has 0 unspecified atom stereocenters. The van der Waals surface area contributed by atoms with E-state index in [0.29, 0.717) is 0 Å². The van der Waals surface area contributed by atoms with Crippen LogP contribution < -0.4 is 4.57 Å². The number of imidazole rings is 1. The van der Waals surface area contributed by atoms with Gasteiger partial charge in [-0.2, -0.15) is 0 Å². The fourth-order valence-electron chi connectivity index (χ4n) is 5.62. The average molecular weight is 504 g/mol. The first-order valence-electron chi connectivity index (χ1n) is 16.9. The normalized spacial score (nSPS) is 11.5. The summed E-state index contributed by atoms with van der Waals surface area (Å²) in [5.41, 5.74) is 0. The van der Waals surface area contributed by atoms with Gasteiger partial charge in [-0.25, -0.2) is 9.13 Å². The minimum atomic E-state index is 1.22. The summed E-state index contributed by atoms with van der Waals surface area (Å²) in [6.45, 7) is 9.38. The second-order valence-electron chi connectivity index (χ2n) is 11.6. The molecule has 0 bridgehead atoms. The molecule has 1 aromatic heterocycles. The van der Waals surface area contributed by atoms with Crippen LogP contribution in [0.1, 0.15) is 187 Å². The van der Waals surface area contributed by atoms with E-state index < -0.39 is 0 Å².